The Bertz CT molecular complexity index is 158. The lowest BCUT2D eigenvalue weighted by molar-refractivity contribution is 0.339. The molecule has 88 valence electrons. The summed E-state index contributed by atoms with van der Waals surface area (Å²) in [5.41, 5.74) is 0. The molecule has 1 saturated carbocycles. The Hall–Kier alpha value is -0.0800. The number of rotatable bonds is 5. The van der Waals surface area contributed by atoms with Crippen LogP contribution in [0.5, 0.6) is 0 Å². The Morgan fingerprint density at radius 1 is 1.00 bits per heavy atom. The SMILES string of the molecule is C1CCC(CNCCC2CCCN2)CC1. The summed E-state index contributed by atoms with van der Waals surface area (Å²) in [5.74, 6) is 0.982. The summed E-state index contributed by atoms with van der Waals surface area (Å²) in [5, 5.41) is 7.20. The van der Waals surface area contributed by atoms with Gasteiger partial charge in [0.2, 0.25) is 0 Å². The zero-order chi connectivity index (χ0) is 10.3. The molecule has 2 heteroatoms. The minimum Gasteiger partial charge on any atom is -0.316 e. The first kappa shape index (κ1) is 11.4. The van der Waals surface area contributed by atoms with Crippen LogP contribution in [0.3, 0.4) is 0 Å². The Kier molecular flexibility index (Phi) is 4.94. The topological polar surface area (TPSA) is 24.1 Å². The summed E-state index contributed by atoms with van der Waals surface area (Å²) in [4.78, 5) is 0. The third-order valence-electron chi connectivity index (χ3n) is 3.99. The van der Waals surface area contributed by atoms with Crippen molar-refractivity contribution in [2.24, 2.45) is 5.92 Å². The van der Waals surface area contributed by atoms with Gasteiger partial charge in [-0.2, -0.15) is 0 Å². The third kappa shape index (κ3) is 4.12. The highest BCUT2D eigenvalue weighted by Gasteiger charge is 2.14. The standard InChI is InChI=1S/C13H26N2/c1-2-5-12(6-3-1)11-14-10-8-13-7-4-9-15-13/h12-15H,1-11H2. The summed E-state index contributed by atoms with van der Waals surface area (Å²) in [6, 6.07) is 0.809. The number of hydrogen-bond acceptors (Lipinski definition) is 2. The van der Waals surface area contributed by atoms with Gasteiger partial charge < -0.3 is 10.6 Å². The molecule has 2 fully saturated rings. The molecule has 2 N–H and O–H groups in total. The lowest BCUT2D eigenvalue weighted by Gasteiger charge is -2.22. The molecule has 2 nitrogen and oxygen atoms in total. The van der Waals surface area contributed by atoms with E-state index in [2.05, 4.69) is 10.6 Å². The van der Waals surface area contributed by atoms with Gasteiger partial charge in [-0.15, -0.1) is 0 Å². The molecule has 0 aromatic heterocycles. The fourth-order valence-electron chi connectivity index (χ4n) is 2.98. The Labute approximate surface area is 94.2 Å². The van der Waals surface area contributed by atoms with Crippen LogP contribution in [0.4, 0.5) is 0 Å². The van der Waals surface area contributed by atoms with Crippen molar-refractivity contribution in [1.29, 1.82) is 0 Å². The van der Waals surface area contributed by atoms with Crippen molar-refractivity contribution >= 4 is 0 Å². The van der Waals surface area contributed by atoms with Gasteiger partial charge >= 0.3 is 0 Å². The third-order valence-corrected chi connectivity index (χ3v) is 3.99. The van der Waals surface area contributed by atoms with Gasteiger partial charge in [-0.1, -0.05) is 19.3 Å². The summed E-state index contributed by atoms with van der Waals surface area (Å²) in [7, 11) is 0. The molecule has 1 unspecified atom stereocenters. The highest BCUT2D eigenvalue weighted by molar-refractivity contribution is 4.75. The first-order chi connectivity index (χ1) is 7.45. The van der Waals surface area contributed by atoms with Crippen LogP contribution in [-0.2, 0) is 0 Å². The van der Waals surface area contributed by atoms with Crippen LogP contribution in [0.15, 0.2) is 0 Å². The van der Waals surface area contributed by atoms with Crippen molar-refractivity contribution in [3.05, 3.63) is 0 Å². The normalized spacial score (nSPS) is 28.4. The fraction of sp³-hybridized carbons (Fsp3) is 1.00. The molecule has 2 aliphatic rings. The lowest BCUT2D eigenvalue weighted by atomic mass is 9.89. The van der Waals surface area contributed by atoms with Crippen LogP contribution in [-0.4, -0.2) is 25.7 Å². The van der Waals surface area contributed by atoms with Gasteiger partial charge in [-0.25, -0.2) is 0 Å². The van der Waals surface area contributed by atoms with Crippen LogP contribution < -0.4 is 10.6 Å². The molecule has 0 spiro atoms. The van der Waals surface area contributed by atoms with Gasteiger partial charge in [0.05, 0.1) is 0 Å². The van der Waals surface area contributed by atoms with Crippen molar-refractivity contribution in [1.82, 2.24) is 10.6 Å². The van der Waals surface area contributed by atoms with Gasteiger partial charge in [-0.05, 0) is 57.7 Å². The highest BCUT2D eigenvalue weighted by Crippen LogP contribution is 2.22. The van der Waals surface area contributed by atoms with Gasteiger partial charge in [0, 0.05) is 6.04 Å². The minimum atomic E-state index is 0.809. The van der Waals surface area contributed by atoms with Crippen LogP contribution in [0.25, 0.3) is 0 Å². The molecule has 0 amide bonds. The second kappa shape index (κ2) is 6.49. The van der Waals surface area contributed by atoms with E-state index in [9.17, 15) is 0 Å². The maximum atomic E-state index is 3.64. The van der Waals surface area contributed by atoms with E-state index in [0.717, 1.165) is 12.0 Å². The molecule has 1 aliphatic carbocycles. The average molecular weight is 210 g/mol. The van der Waals surface area contributed by atoms with Crippen molar-refractivity contribution in [3.8, 4) is 0 Å². The van der Waals surface area contributed by atoms with E-state index < -0.39 is 0 Å². The van der Waals surface area contributed by atoms with E-state index in [1.54, 1.807) is 0 Å². The smallest absolute Gasteiger partial charge is 0.00796 e. The van der Waals surface area contributed by atoms with E-state index in [1.807, 2.05) is 0 Å². The van der Waals surface area contributed by atoms with Gasteiger partial charge in [0.15, 0.2) is 0 Å². The fourth-order valence-corrected chi connectivity index (χ4v) is 2.98. The molecule has 15 heavy (non-hydrogen) atoms. The summed E-state index contributed by atoms with van der Waals surface area (Å²) in [6.45, 7) is 3.73. The van der Waals surface area contributed by atoms with Crippen LogP contribution in [0.2, 0.25) is 0 Å². The second-order valence-electron chi connectivity index (χ2n) is 5.29. The first-order valence-corrected chi connectivity index (χ1v) is 6.89. The van der Waals surface area contributed by atoms with Crippen LogP contribution >= 0.6 is 0 Å². The zero-order valence-corrected chi connectivity index (χ0v) is 9.93. The summed E-state index contributed by atoms with van der Waals surface area (Å²) in [6.07, 6.45) is 11.4. The largest absolute Gasteiger partial charge is 0.316 e. The molecule has 0 aromatic rings. The van der Waals surface area contributed by atoms with Crippen molar-refractivity contribution in [3.63, 3.8) is 0 Å². The molecule has 0 radical (unpaired) electrons. The molecule has 1 saturated heterocycles. The highest BCUT2D eigenvalue weighted by atomic mass is 14.9. The van der Waals surface area contributed by atoms with Gasteiger partial charge in [0.25, 0.3) is 0 Å². The molecule has 0 bridgehead atoms. The maximum Gasteiger partial charge on any atom is 0.00796 e. The quantitative estimate of drug-likeness (QED) is 0.680. The molecular formula is C13H26N2. The number of hydrogen-bond donors (Lipinski definition) is 2. The van der Waals surface area contributed by atoms with Crippen LogP contribution in [0.1, 0.15) is 51.4 Å². The lowest BCUT2D eigenvalue weighted by Crippen LogP contribution is -2.30. The predicted molar refractivity (Wildman–Crippen MR) is 65.1 cm³/mol. The predicted octanol–water partition coefficient (Wildman–Crippen LogP) is 2.30. The van der Waals surface area contributed by atoms with E-state index >= 15 is 0 Å². The second-order valence-corrected chi connectivity index (χ2v) is 5.29. The zero-order valence-electron chi connectivity index (χ0n) is 9.93. The maximum absolute atomic E-state index is 3.64. The molecular weight excluding hydrogens is 184 g/mol. The van der Waals surface area contributed by atoms with Gasteiger partial charge in [0.1, 0.15) is 0 Å². The van der Waals surface area contributed by atoms with E-state index in [4.69, 9.17) is 0 Å². The average Bonchev–Trinajstić information content (AvgIpc) is 2.79. The Morgan fingerprint density at radius 3 is 2.60 bits per heavy atom. The summed E-state index contributed by atoms with van der Waals surface area (Å²) < 4.78 is 0. The summed E-state index contributed by atoms with van der Waals surface area (Å²) >= 11 is 0. The van der Waals surface area contributed by atoms with Crippen LogP contribution in [0, 0.1) is 5.92 Å². The van der Waals surface area contributed by atoms with Crippen molar-refractivity contribution in [2.45, 2.75) is 57.4 Å². The molecule has 0 aromatic carbocycles. The minimum absolute atomic E-state index is 0.809. The Balaban J connectivity index is 1.47. The molecule has 1 heterocycles. The molecule has 1 aliphatic heterocycles. The molecule has 1 atom stereocenters. The van der Waals surface area contributed by atoms with Crippen molar-refractivity contribution in [2.75, 3.05) is 19.6 Å². The van der Waals surface area contributed by atoms with E-state index in [-0.39, 0.29) is 0 Å². The van der Waals surface area contributed by atoms with E-state index in [0.29, 0.717) is 0 Å². The monoisotopic (exact) mass is 210 g/mol. The first-order valence-electron chi connectivity index (χ1n) is 6.89. The van der Waals surface area contributed by atoms with E-state index in [1.165, 1.54) is 71.0 Å². The molecule has 2 rings (SSSR count). The number of nitrogens with one attached hydrogen (secondary N) is 2. The Morgan fingerprint density at radius 2 is 1.87 bits per heavy atom. The van der Waals surface area contributed by atoms with Gasteiger partial charge in [-0.3, -0.25) is 0 Å². The van der Waals surface area contributed by atoms with Crippen molar-refractivity contribution < 1.29 is 0 Å².